The van der Waals surface area contributed by atoms with Crippen molar-refractivity contribution >= 4 is 17.9 Å². The molecule has 22 heavy (non-hydrogen) atoms. The van der Waals surface area contributed by atoms with E-state index in [4.69, 9.17) is 4.74 Å². The van der Waals surface area contributed by atoms with E-state index in [0.717, 1.165) is 17.5 Å². The minimum Gasteiger partial charge on any atom is -0.496 e. The highest BCUT2D eigenvalue weighted by Gasteiger charge is 2.13. The molecule has 1 aromatic carbocycles. The van der Waals surface area contributed by atoms with Crippen molar-refractivity contribution in [3.8, 4) is 5.75 Å². The summed E-state index contributed by atoms with van der Waals surface area (Å²) in [6.45, 7) is 6.21. The Balaban J connectivity index is 2.64. The molecule has 0 aliphatic rings. The van der Waals surface area contributed by atoms with E-state index in [1.165, 1.54) is 6.08 Å². The van der Waals surface area contributed by atoms with Gasteiger partial charge in [-0.3, -0.25) is 9.59 Å². The number of carbonyl (C=O) groups is 2. The zero-order chi connectivity index (χ0) is 16.5. The molecule has 1 aromatic rings. The number of methoxy groups -OCH3 is 1. The smallest absolute Gasteiger partial charge is 0.244 e. The Morgan fingerprint density at radius 3 is 2.73 bits per heavy atom. The van der Waals surface area contributed by atoms with E-state index < -0.39 is 6.04 Å². The third-order valence-corrected chi connectivity index (χ3v) is 3.10. The van der Waals surface area contributed by atoms with Gasteiger partial charge in [0.15, 0.2) is 0 Å². The molecule has 5 nitrogen and oxygen atoms in total. The van der Waals surface area contributed by atoms with Gasteiger partial charge in [0.1, 0.15) is 11.8 Å². The molecule has 0 aliphatic heterocycles. The Bertz CT molecular complexity index is 553. The summed E-state index contributed by atoms with van der Waals surface area (Å²) in [4.78, 5) is 23.6. The van der Waals surface area contributed by atoms with E-state index in [2.05, 4.69) is 10.6 Å². The van der Waals surface area contributed by atoms with Gasteiger partial charge in [-0.05, 0) is 38.5 Å². The maximum absolute atomic E-state index is 11.9. The summed E-state index contributed by atoms with van der Waals surface area (Å²) < 4.78 is 5.25. The van der Waals surface area contributed by atoms with Crippen LogP contribution in [0.4, 0.5) is 0 Å². The second-order valence-corrected chi connectivity index (χ2v) is 5.10. The lowest BCUT2D eigenvalue weighted by Gasteiger charge is -2.12. The van der Waals surface area contributed by atoms with Gasteiger partial charge in [-0.1, -0.05) is 18.6 Å². The SMILES string of the molecule is CCCNC(=O)[C@@H](C)NC(=O)/C=C/c1cc(C)ccc1OC. The highest BCUT2D eigenvalue weighted by atomic mass is 16.5. The molecule has 0 heterocycles. The molecule has 0 radical (unpaired) electrons. The fourth-order valence-electron chi connectivity index (χ4n) is 1.88. The molecule has 0 saturated heterocycles. The molecule has 0 aromatic heterocycles. The van der Waals surface area contributed by atoms with E-state index in [9.17, 15) is 9.59 Å². The molecule has 0 saturated carbocycles. The van der Waals surface area contributed by atoms with Crippen LogP contribution in [0.3, 0.4) is 0 Å². The van der Waals surface area contributed by atoms with E-state index in [-0.39, 0.29) is 11.8 Å². The standard InChI is InChI=1S/C17H24N2O3/c1-5-10-18-17(21)13(3)19-16(20)9-7-14-11-12(2)6-8-15(14)22-4/h6-9,11,13H,5,10H2,1-4H3,(H,18,21)(H,19,20)/b9-7+/t13-/m1/s1. The number of benzene rings is 1. The average Bonchev–Trinajstić information content (AvgIpc) is 2.50. The van der Waals surface area contributed by atoms with Crippen LogP contribution in [0.15, 0.2) is 24.3 Å². The number of carbonyl (C=O) groups excluding carboxylic acids is 2. The number of hydrogen-bond donors (Lipinski definition) is 2. The number of rotatable bonds is 7. The monoisotopic (exact) mass is 304 g/mol. The molecule has 0 spiro atoms. The fourth-order valence-corrected chi connectivity index (χ4v) is 1.88. The molecule has 5 heteroatoms. The van der Waals surface area contributed by atoms with Crippen LogP contribution in [0.1, 0.15) is 31.4 Å². The zero-order valence-corrected chi connectivity index (χ0v) is 13.6. The van der Waals surface area contributed by atoms with E-state index in [1.807, 2.05) is 32.0 Å². The normalized spacial score (nSPS) is 12.0. The van der Waals surface area contributed by atoms with Crippen LogP contribution in [-0.2, 0) is 9.59 Å². The lowest BCUT2D eigenvalue weighted by Crippen LogP contribution is -2.44. The predicted molar refractivity (Wildman–Crippen MR) is 87.7 cm³/mol. The summed E-state index contributed by atoms with van der Waals surface area (Å²) in [5.74, 6) is 0.197. The minimum absolute atomic E-state index is 0.184. The minimum atomic E-state index is -0.567. The van der Waals surface area contributed by atoms with Crippen molar-refractivity contribution in [1.29, 1.82) is 0 Å². The summed E-state index contributed by atoms with van der Waals surface area (Å²) in [6, 6.07) is 5.16. The van der Waals surface area contributed by atoms with E-state index in [1.54, 1.807) is 20.1 Å². The van der Waals surface area contributed by atoms with Crippen LogP contribution in [0.2, 0.25) is 0 Å². The first-order valence-electron chi connectivity index (χ1n) is 7.38. The van der Waals surface area contributed by atoms with Crippen LogP contribution < -0.4 is 15.4 Å². The van der Waals surface area contributed by atoms with Gasteiger partial charge in [-0.2, -0.15) is 0 Å². The van der Waals surface area contributed by atoms with Crippen molar-refractivity contribution in [3.05, 3.63) is 35.4 Å². The Labute approximate surface area is 131 Å². The molecule has 0 bridgehead atoms. The second-order valence-electron chi connectivity index (χ2n) is 5.10. The first-order valence-corrected chi connectivity index (χ1v) is 7.38. The van der Waals surface area contributed by atoms with Crippen LogP contribution in [0.25, 0.3) is 6.08 Å². The number of nitrogens with one attached hydrogen (secondary N) is 2. The fraction of sp³-hybridized carbons (Fsp3) is 0.412. The van der Waals surface area contributed by atoms with Crippen LogP contribution in [0.5, 0.6) is 5.75 Å². The number of ether oxygens (including phenoxy) is 1. The van der Waals surface area contributed by atoms with Crippen molar-refractivity contribution in [2.75, 3.05) is 13.7 Å². The maximum atomic E-state index is 11.9. The Morgan fingerprint density at radius 1 is 1.36 bits per heavy atom. The molecule has 2 N–H and O–H groups in total. The Morgan fingerprint density at radius 2 is 2.09 bits per heavy atom. The van der Waals surface area contributed by atoms with Crippen molar-refractivity contribution < 1.29 is 14.3 Å². The third kappa shape index (κ3) is 5.60. The summed E-state index contributed by atoms with van der Waals surface area (Å²) in [5, 5.41) is 5.37. The molecular weight excluding hydrogens is 280 g/mol. The van der Waals surface area contributed by atoms with Gasteiger partial charge in [-0.25, -0.2) is 0 Å². The summed E-state index contributed by atoms with van der Waals surface area (Å²) in [5.41, 5.74) is 1.90. The molecular formula is C17H24N2O3. The van der Waals surface area contributed by atoms with E-state index >= 15 is 0 Å². The average molecular weight is 304 g/mol. The first-order chi connectivity index (χ1) is 10.5. The van der Waals surface area contributed by atoms with Crippen LogP contribution in [0, 0.1) is 6.92 Å². The summed E-state index contributed by atoms with van der Waals surface area (Å²) in [7, 11) is 1.59. The highest BCUT2D eigenvalue weighted by Crippen LogP contribution is 2.20. The van der Waals surface area contributed by atoms with Crippen LogP contribution >= 0.6 is 0 Å². The number of hydrogen-bond acceptors (Lipinski definition) is 3. The Hall–Kier alpha value is -2.30. The molecule has 2 amide bonds. The van der Waals surface area contributed by atoms with Gasteiger partial charge in [0.2, 0.25) is 11.8 Å². The third-order valence-electron chi connectivity index (χ3n) is 3.10. The van der Waals surface area contributed by atoms with Crippen molar-refractivity contribution in [3.63, 3.8) is 0 Å². The van der Waals surface area contributed by atoms with Crippen molar-refractivity contribution in [2.45, 2.75) is 33.2 Å². The first kappa shape index (κ1) is 17.8. The van der Waals surface area contributed by atoms with Gasteiger partial charge in [0, 0.05) is 18.2 Å². The van der Waals surface area contributed by atoms with Gasteiger partial charge >= 0.3 is 0 Å². The summed E-state index contributed by atoms with van der Waals surface area (Å²) >= 11 is 0. The molecule has 1 atom stereocenters. The predicted octanol–water partition coefficient (Wildman–Crippen LogP) is 2.05. The second kappa shape index (κ2) is 8.87. The van der Waals surface area contributed by atoms with E-state index in [0.29, 0.717) is 12.3 Å². The lowest BCUT2D eigenvalue weighted by atomic mass is 10.1. The van der Waals surface area contributed by atoms with Gasteiger partial charge < -0.3 is 15.4 Å². The maximum Gasteiger partial charge on any atom is 0.244 e. The molecule has 0 fully saturated rings. The molecule has 0 aliphatic carbocycles. The topological polar surface area (TPSA) is 67.4 Å². The van der Waals surface area contributed by atoms with Crippen molar-refractivity contribution in [2.24, 2.45) is 0 Å². The summed E-state index contributed by atoms with van der Waals surface area (Å²) in [6.07, 6.45) is 3.94. The molecule has 0 unspecified atom stereocenters. The quantitative estimate of drug-likeness (QED) is 0.758. The van der Waals surface area contributed by atoms with Crippen LogP contribution in [-0.4, -0.2) is 31.5 Å². The zero-order valence-electron chi connectivity index (χ0n) is 13.6. The molecule has 120 valence electrons. The van der Waals surface area contributed by atoms with Gasteiger partial charge in [-0.15, -0.1) is 0 Å². The van der Waals surface area contributed by atoms with Crippen molar-refractivity contribution in [1.82, 2.24) is 10.6 Å². The number of amides is 2. The lowest BCUT2D eigenvalue weighted by molar-refractivity contribution is -0.126. The van der Waals surface area contributed by atoms with Gasteiger partial charge in [0.05, 0.1) is 7.11 Å². The number of aryl methyl sites for hydroxylation is 1. The Kier molecular flexibility index (Phi) is 7.16. The van der Waals surface area contributed by atoms with Gasteiger partial charge in [0.25, 0.3) is 0 Å². The highest BCUT2D eigenvalue weighted by molar-refractivity contribution is 5.95. The molecule has 1 rings (SSSR count). The largest absolute Gasteiger partial charge is 0.496 e.